The Kier molecular flexibility index (Phi) is 4.02. The molecule has 1 aliphatic rings. The lowest BCUT2D eigenvalue weighted by molar-refractivity contribution is -0.187. The van der Waals surface area contributed by atoms with Gasteiger partial charge >= 0.3 is 12.1 Å². The second-order valence-corrected chi connectivity index (χ2v) is 5.63. The molecule has 0 saturated heterocycles. The third-order valence-electron chi connectivity index (χ3n) is 3.90. The van der Waals surface area contributed by atoms with E-state index in [0.29, 0.717) is 11.1 Å². The van der Waals surface area contributed by atoms with Crippen molar-refractivity contribution in [2.45, 2.75) is 19.2 Å². The lowest BCUT2D eigenvalue weighted by atomic mass is 9.95. The number of alkyl halides is 3. The fourth-order valence-electron chi connectivity index (χ4n) is 2.63. The van der Waals surface area contributed by atoms with Crippen LogP contribution in [0.4, 0.5) is 17.6 Å². The van der Waals surface area contributed by atoms with Crippen molar-refractivity contribution < 1.29 is 32.2 Å². The average molecular weight is 352 g/mol. The van der Waals surface area contributed by atoms with Gasteiger partial charge in [0.2, 0.25) is 6.10 Å². The Morgan fingerprint density at radius 3 is 2.52 bits per heavy atom. The quantitative estimate of drug-likeness (QED) is 0.804. The van der Waals surface area contributed by atoms with Gasteiger partial charge in [0.15, 0.2) is 0 Å². The summed E-state index contributed by atoms with van der Waals surface area (Å²) >= 11 is 0. The van der Waals surface area contributed by atoms with Crippen molar-refractivity contribution in [2.75, 3.05) is 0 Å². The van der Waals surface area contributed by atoms with Crippen molar-refractivity contribution >= 4 is 12.0 Å². The van der Waals surface area contributed by atoms with Crippen LogP contribution in [0.15, 0.2) is 42.0 Å². The SMILES string of the molecule is Cc1ccc(-c2cccc3c2OC(C(F)(F)F)C(C(=O)O)=C3)cc1F. The van der Waals surface area contributed by atoms with E-state index in [4.69, 9.17) is 9.84 Å². The minimum atomic E-state index is -4.90. The van der Waals surface area contributed by atoms with Gasteiger partial charge in [-0.05, 0) is 30.2 Å². The van der Waals surface area contributed by atoms with Gasteiger partial charge in [-0.3, -0.25) is 0 Å². The summed E-state index contributed by atoms with van der Waals surface area (Å²) in [5, 5.41) is 9.05. The molecule has 0 bridgehead atoms. The van der Waals surface area contributed by atoms with E-state index < -0.39 is 29.6 Å². The van der Waals surface area contributed by atoms with Crippen molar-refractivity contribution in [3.63, 3.8) is 0 Å². The van der Waals surface area contributed by atoms with Crippen LogP contribution in [0, 0.1) is 12.7 Å². The van der Waals surface area contributed by atoms with Gasteiger partial charge < -0.3 is 9.84 Å². The predicted molar refractivity (Wildman–Crippen MR) is 82.7 cm³/mol. The third-order valence-corrected chi connectivity index (χ3v) is 3.90. The smallest absolute Gasteiger partial charge is 0.430 e. The molecule has 1 aliphatic heterocycles. The van der Waals surface area contributed by atoms with Crippen molar-refractivity contribution in [1.29, 1.82) is 0 Å². The van der Waals surface area contributed by atoms with Crippen LogP contribution in [-0.4, -0.2) is 23.4 Å². The number of aryl methyl sites for hydroxylation is 1. The zero-order chi connectivity index (χ0) is 18.4. The van der Waals surface area contributed by atoms with Crippen LogP contribution in [0.2, 0.25) is 0 Å². The van der Waals surface area contributed by atoms with Crippen LogP contribution in [0.5, 0.6) is 5.75 Å². The first-order valence-electron chi connectivity index (χ1n) is 7.26. The highest BCUT2D eigenvalue weighted by molar-refractivity contribution is 5.96. The van der Waals surface area contributed by atoms with E-state index in [0.717, 1.165) is 6.08 Å². The van der Waals surface area contributed by atoms with Gasteiger partial charge in [0.1, 0.15) is 11.6 Å². The summed E-state index contributed by atoms with van der Waals surface area (Å²) in [6, 6.07) is 8.75. The van der Waals surface area contributed by atoms with Crippen LogP contribution in [0.3, 0.4) is 0 Å². The maximum atomic E-state index is 13.8. The van der Waals surface area contributed by atoms with Gasteiger partial charge in [0, 0.05) is 11.1 Å². The number of rotatable bonds is 2. The van der Waals surface area contributed by atoms with E-state index in [-0.39, 0.29) is 16.9 Å². The van der Waals surface area contributed by atoms with Gasteiger partial charge in [-0.15, -0.1) is 0 Å². The molecule has 0 aromatic heterocycles. The first-order chi connectivity index (χ1) is 11.7. The number of ether oxygens (including phenoxy) is 1. The molecule has 0 fully saturated rings. The number of carboxylic acid groups (broad SMARTS) is 1. The summed E-state index contributed by atoms with van der Waals surface area (Å²) in [5.41, 5.74) is 0.290. The Morgan fingerprint density at radius 1 is 1.20 bits per heavy atom. The van der Waals surface area contributed by atoms with E-state index in [1.165, 1.54) is 24.3 Å². The number of hydrogen-bond acceptors (Lipinski definition) is 2. The summed E-state index contributed by atoms with van der Waals surface area (Å²) in [4.78, 5) is 11.2. The number of aliphatic carboxylic acids is 1. The summed E-state index contributed by atoms with van der Waals surface area (Å²) in [5.74, 6) is -2.34. The van der Waals surface area contributed by atoms with E-state index in [1.54, 1.807) is 19.1 Å². The summed E-state index contributed by atoms with van der Waals surface area (Å²) in [6.07, 6.45) is -6.55. The molecular formula is C18H12F4O3. The standard InChI is InChI=1S/C18H12F4O3/c1-9-5-6-10(8-14(9)19)12-4-2-3-11-7-13(17(23)24)16(18(20,21)22)25-15(11)12/h2-8,16H,1H3,(H,23,24). The van der Waals surface area contributed by atoms with Crippen molar-refractivity contribution in [2.24, 2.45) is 0 Å². The zero-order valence-corrected chi connectivity index (χ0v) is 12.9. The Morgan fingerprint density at radius 2 is 1.92 bits per heavy atom. The van der Waals surface area contributed by atoms with Crippen LogP contribution < -0.4 is 4.74 Å². The zero-order valence-electron chi connectivity index (χ0n) is 12.9. The molecular weight excluding hydrogens is 340 g/mol. The van der Waals surface area contributed by atoms with Gasteiger partial charge in [-0.1, -0.05) is 30.3 Å². The van der Waals surface area contributed by atoms with E-state index >= 15 is 0 Å². The Hall–Kier alpha value is -2.83. The third kappa shape index (κ3) is 3.09. The molecule has 7 heteroatoms. The second kappa shape index (κ2) is 5.91. The van der Waals surface area contributed by atoms with E-state index in [1.807, 2.05) is 0 Å². The van der Waals surface area contributed by atoms with Crippen LogP contribution in [0.25, 0.3) is 17.2 Å². The lowest BCUT2D eigenvalue weighted by Gasteiger charge is -2.28. The molecule has 1 atom stereocenters. The molecule has 0 amide bonds. The number of benzene rings is 2. The monoisotopic (exact) mass is 352 g/mol. The molecule has 25 heavy (non-hydrogen) atoms. The fraction of sp³-hybridized carbons (Fsp3) is 0.167. The van der Waals surface area contributed by atoms with Crippen LogP contribution in [-0.2, 0) is 4.79 Å². The van der Waals surface area contributed by atoms with Gasteiger partial charge in [-0.2, -0.15) is 13.2 Å². The first-order valence-corrected chi connectivity index (χ1v) is 7.26. The first kappa shape index (κ1) is 17.0. The molecule has 3 nitrogen and oxygen atoms in total. The van der Waals surface area contributed by atoms with Crippen molar-refractivity contribution in [1.82, 2.24) is 0 Å². The molecule has 1 unspecified atom stereocenters. The highest BCUT2D eigenvalue weighted by Gasteiger charge is 2.48. The van der Waals surface area contributed by atoms with E-state index in [9.17, 15) is 22.4 Å². The van der Waals surface area contributed by atoms with Crippen molar-refractivity contribution in [3.05, 3.63) is 58.9 Å². The molecule has 3 rings (SSSR count). The van der Waals surface area contributed by atoms with Gasteiger partial charge in [0.05, 0.1) is 5.57 Å². The maximum absolute atomic E-state index is 13.8. The molecule has 2 aromatic rings. The van der Waals surface area contributed by atoms with E-state index in [2.05, 4.69) is 0 Å². The minimum absolute atomic E-state index is 0.127. The normalized spacial score (nSPS) is 16.7. The maximum Gasteiger partial charge on any atom is 0.430 e. The van der Waals surface area contributed by atoms with Crippen molar-refractivity contribution in [3.8, 4) is 16.9 Å². The molecule has 1 N–H and O–H groups in total. The topological polar surface area (TPSA) is 46.5 Å². The Bertz CT molecular complexity index is 884. The molecule has 2 aromatic carbocycles. The number of para-hydroxylation sites is 1. The summed E-state index contributed by atoms with van der Waals surface area (Å²) in [7, 11) is 0. The molecule has 0 aliphatic carbocycles. The fourth-order valence-corrected chi connectivity index (χ4v) is 2.63. The minimum Gasteiger partial charge on any atom is -0.478 e. The average Bonchev–Trinajstić information content (AvgIpc) is 2.54. The highest BCUT2D eigenvalue weighted by Crippen LogP contribution is 2.42. The number of fused-ring (bicyclic) bond motifs is 1. The Balaban J connectivity index is 2.18. The number of halogens is 4. The number of hydrogen-bond donors (Lipinski definition) is 1. The van der Waals surface area contributed by atoms with Gasteiger partial charge in [-0.25, -0.2) is 9.18 Å². The molecule has 130 valence electrons. The number of carboxylic acids is 1. The Labute approximate surface area is 140 Å². The summed E-state index contributed by atoms with van der Waals surface area (Å²) in [6.45, 7) is 1.57. The number of carbonyl (C=O) groups is 1. The van der Waals surface area contributed by atoms with Crippen LogP contribution in [0.1, 0.15) is 11.1 Å². The highest BCUT2D eigenvalue weighted by atomic mass is 19.4. The molecule has 0 radical (unpaired) electrons. The molecule has 0 saturated carbocycles. The second-order valence-electron chi connectivity index (χ2n) is 5.63. The predicted octanol–water partition coefficient (Wildman–Crippen LogP) is 4.59. The molecule has 1 heterocycles. The van der Waals surface area contributed by atoms with Crippen LogP contribution >= 0.6 is 0 Å². The van der Waals surface area contributed by atoms with Gasteiger partial charge in [0.25, 0.3) is 0 Å². The summed E-state index contributed by atoms with van der Waals surface area (Å²) < 4.78 is 58.5. The lowest BCUT2D eigenvalue weighted by Crippen LogP contribution is -2.40. The largest absolute Gasteiger partial charge is 0.478 e. The molecule has 0 spiro atoms.